The summed E-state index contributed by atoms with van der Waals surface area (Å²) in [6.45, 7) is 1.73. The summed E-state index contributed by atoms with van der Waals surface area (Å²) in [6, 6.07) is 4.83. The fourth-order valence-corrected chi connectivity index (χ4v) is 2.21. The number of halogens is 6. The molecule has 0 spiro atoms. The van der Waals surface area contributed by atoms with Crippen LogP contribution >= 0.6 is 24.0 Å². The fraction of sp³-hybridized carbons (Fsp3) is 0.588. The molecule has 0 unspecified atom stereocenters. The van der Waals surface area contributed by atoms with E-state index >= 15 is 0 Å². The van der Waals surface area contributed by atoms with Gasteiger partial charge < -0.3 is 15.4 Å². The second kappa shape index (κ2) is 12.9. The van der Waals surface area contributed by atoms with E-state index in [1.807, 2.05) is 13.8 Å². The van der Waals surface area contributed by atoms with Crippen LogP contribution in [0.15, 0.2) is 23.2 Å². The minimum atomic E-state index is -4.15. The van der Waals surface area contributed by atoms with E-state index in [1.54, 1.807) is 12.1 Å². The topological polar surface area (TPSA) is 45.7 Å². The van der Waals surface area contributed by atoms with Gasteiger partial charge >= 0.3 is 12.8 Å². The maximum atomic E-state index is 12.5. The minimum absolute atomic E-state index is 0. The Morgan fingerprint density at radius 2 is 1.89 bits per heavy atom. The Morgan fingerprint density at radius 1 is 1.19 bits per heavy atom. The van der Waals surface area contributed by atoms with Crippen molar-refractivity contribution in [1.82, 2.24) is 10.6 Å². The molecule has 0 aliphatic carbocycles. The van der Waals surface area contributed by atoms with Crippen molar-refractivity contribution in [3.63, 3.8) is 0 Å². The van der Waals surface area contributed by atoms with Gasteiger partial charge in [-0.25, -0.2) is 4.99 Å². The lowest BCUT2D eigenvalue weighted by Crippen LogP contribution is -2.37. The molecule has 0 atom stereocenters. The number of benzene rings is 1. The van der Waals surface area contributed by atoms with Gasteiger partial charge in [-0.1, -0.05) is 17.7 Å². The van der Waals surface area contributed by atoms with Gasteiger partial charge in [-0.05, 0) is 32.8 Å². The van der Waals surface area contributed by atoms with Crippen LogP contribution in [0, 0.1) is 6.92 Å². The predicted molar refractivity (Wildman–Crippen MR) is 106 cm³/mol. The third-order valence-electron chi connectivity index (χ3n) is 3.36. The van der Waals surface area contributed by atoms with Crippen molar-refractivity contribution in [3.8, 4) is 5.75 Å². The number of hydrogen-bond acceptors (Lipinski definition) is 2. The average Bonchev–Trinajstić information content (AvgIpc) is 2.53. The van der Waals surface area contributed by atoms with E-state index in [-0.39, 0.29) is 42.7 Å². The highest BCUT2D eigenvalue weighted by atomic mass is 127. The number of aliphatic imine (C=N–C) groups is 1. The van der Waals surface area contributed by atoms with Crippen molar-refractivity contribution in [2.45, 2.75) is 52.4 Å². The average molecular weight is 509 g/mol. The van der Waals surface area contributed by atoms with Gasteiger partial charge in [0.15, 0.2) is 5.96 Å². The lowest BCUT2D eigenvalue weighted by atomic mass is 10.1. The molecule has 0 heterocycles. The largest absolute Gasteiger partial charge is 0.434 e. The molecule has 156 valence electrons. The molecule has 0 amide bonds. The van der Waals surface area contributed by atoms with E-state index < -0.39 is 19.2 Å². The molecule has 4 nitrogen and oxygen atoms in total. The quantitative estimate of drug-likeness (QED) is 0.162. The van der Waals surface area contributed by atoms with Gasteiger partial charge in [-0.3, -0.25) is 0 Å². The van der Waals surface area contributed by atoms with Crippen LogP contribution in [0.3, 0.4) is 0 Å². The smallest absolute Gasteiger partial charge is 0.389 e. The van der Waals surface area contributed by atoms with Crippen molar-refractivity contribution < 1.29 is 26.7 Å². The molecule has 1 aromatic rings. The molecule has 1 rings (SSSR count). The summed E-state index contributed by atoms with van der Waals surface area (Å²) >= 11 is 0. The summed E-state index contributed by atoms with van der Waals surface area (Å²) in [5.41, 5.74) is 1.38. The van der Waals surface area contributed by atoms with Crippen LogP contribution in [-0.2, 0) is 6.54 Å². The van der Waals surface area contributed by atoms with Crippen LogP contribution in [0.1, 0.15) is 37.3 Å². The molecule has 27 heavy (non-hydrogen) atoms. The second-order valence-electron chi connectivity index (χ2n) is 5.68. The SMILES string of the molecule is CCNC(=NCc1cc(C)ccc1OC(F)F)NCCCCC(F)(F)F.I. The van der Waals surface area contributed by atoms with Crippen molar-refractivity contribution in [2.24, 2.45) is 4.99 Å². The Kier molecular flexibility index (Phi) is 12.3. The first kappa shape index (κ1) is 25.7. The monoisotopic (exact) mass is 509 g/mol. The molecular formula is C17H25F5IN3O. The van der Waals surface area contributed by atoms with Gasteiger partial charge in [0.05, 0.1) is 6.54 Å². The normalized spacial score (nSPS) is 11.9. The second-order valence-corrected chi connectivity index (χ2v) is 5.68. The number of unbranched alkanes of at least 4 members (excludes halogenated alkanes) is 1. The highest BCUT2D eigenvalue weighted by molar-refractivity contribution is 14.0. The first-order chi connectivity index (χ1) is 12.2. The summed E-state index contributed by atoms with van der Waals surface area (Å²) in [4.78, 5) is 4.29. The first-order valence-electron chi connectivity index (χ1n) is 8.34. The third-order valence-corrected chi connectivity index (χ3v) is 3.36. The number of aryl methyl sites for hydroxylation is 1. The minimum Gasteiger partial charge on any atom is -0.434 e. The molecule has 0 bridgehead atoms. The molecule has 0 saturated heterocycles. The molecule has 0 radical (unpaired) electrons. The van der Waals surface area contributed by atoms with Gasteiger partial charge in [0.2, 0.25) is 0 Å². The number of rotatable bonds is 9. The van der Waals surface area contributed by atoms with Crippen LogP contribution in [-0.4, -0.2) is 31.8 Å². The Hall–Kier alpha value is -1.33. The van der Waals surface area contributed by atoms with Gasteiger partial charge in [0.1, 0.15) is 5.75 Å². The lowest BCUT2D eigenvalue weighted by molar-refractivity contribution is -0.135. The third kappa shape index (κ3) is 11.9. The van der Waals surface area contributed by atoms with E-state index in [0.717, 1.165) is 5.56 Å². The van der Waals surface area contributed by atoms with Gasteiger partial charge in [-0.15, -0.1) is 24.0 Å². The van der Waals surface area contributed by atoms with Crippen LogP contribution in [0.5, 0.6) is 5.75 Å². The first-order valence-corrected chi connectivity index (χ1v) is 8.34. The van der Waals surface area contributed by atoms with Crippen LogP contribution < -0.4 is 15.4 Å². The van der Waals surface area contributed by atoms with Gasteiger partial charge in [0.25, 0.3) is 0 Å². The van der Waals surface area contributed by atoms with E-state index in [0.29, 0.717) is 31.0 Å². The summed E-state index contributed by atoms with van der Waals surface area (Å²) in [5, 5.41) is 5.90. The molecule has 0 aliphatic rings. The number of ether oxygens (including phenoxy) is 1. The summed E-state index contributed by atoms with van der Waals surface area (Å²) < 4.78 is 65.8. The van der Waals surface area contributed by atoms with Gasteiger partial charge in [0, 0.05) is 25.1 Å². The molecule has 0 saturated carbocycles. The Bertz CT molecular complexity index is 582. The van der Waals surface area contributed by atoms with Crippen molar-refractivity contribution in [3.05, 3.63) is 29.3 Å². The Morgan fingerprint density at radius 3 is 2.48 bits per heavy atom. The zero-order valence-corrected chi connectivity index (χ0v) is 17.5. The van der Waals surface area contributed by atoms with Crippen LogP contribution in [0.4, 0.5) is 22.0 Å². The summed E-state index contributed by atoms with van der Waals surface area (Å²) in [7, 11) is 0. The Labute approximate surface area is 173 Å². The molecule has 1 aromatic carbocycles. The van der Waals surface area contributed by atoms with E-state index in [9.17, 15) is 22.0 Å². The van der Waals surface area contributed by atoms with Crippen molar-refractivity contribution >= 4 is 29.9 Å². The number of nitrogens with one attached hydrogen (secondary N) is 2. The fourth-order valence-electron chi connectivity index (χ4n) is 2.21. The number of hydrogen-bond donors (Lipinski definition) is 2. The maximum absolute atomic E-state index is 12.5. The number of alkyl halides is 5. The zero-order valence-electron chi connectivity index (χ0n) is 15.2. The van der Waals surface area contributed by atoms with Crippen molar-refractivity contribution in [2.75, 3.05) is 13.1 Å². The maximum Gasteiger partial charge on any atom is 0.389 e. The van der Waals surface area contributed by atoms with E-state index in [4.69, 9.17) is 0 Å². The molecule has 10 heteroatoms. The van der Waals surface area contributed by atoms with Crippen LogP contribution in [0.2, 0.25) is 0 Å². The molecule has 2 N–H and O–H groups in total. The molecule has 0 fully saturated rings. The highest BCUT2D eigenvalue weighted by Gasteiger charge is 2.25. The molecule has 0 aromatic heterocycles. The lowest BCUT2D eigenvalue weighted by Gasteiger charge is -2.13. The Balaban J connectivity index is 0.00000676. The van der Waals surface area contributed by atoms with Crippen molar-refractivity contribution in [1.29, 1.82) is 0 Å². The van der Waals surface area contributed by atoms with Crippen LogP contribution in [0.25, 0.3) is 0 Å². The summed E-state index contributed by atoms with van der Waals surface area (Å²) in [6.07, 6.45) is -4.60. The standard InChI is InChI=1S/C17H24F5N3O.HI/c1-3-23-16(24-9-5-4-8-17(20,21)22)25-11-13-10-12(2)6-7-14(13)26-15(18)19;/h6-7,10,15H,3-5,8-9,11H2,1-2H3,(H2,23,24,25);1H. The number of nitrogens with zero attached hydrogens (tertiary/aromatic N) is 1. The predicted octanol–water partition coefficient (Wildman–Crippen LogP) is 5.00. The molecule has 0 aliphatic heterocycles. The highest BCUT2D eigenvalue weighted by Crippen LogP contribution is 2.23. The zero-order chi connectivity index (χ0) is 19.6. The summed E-state index contributed by atoms with van der Waals surface area (Å²) in [5.74, 6) is 0.458. The number of guanidine groups is 1. The van der Waals surface area contributed by atoms with E-state index in [1.165, 1.54) is 6.07 Å². The van der Waals surface area contributed by atoms with E-state index in [2.05, 4.69) is 20.4 Å². The molecular weight excluding hydrogens is 484 g/mol. The van der Waals surface area contributed by atoms with Gasteiger partial charge in [-0.2, -0.15) is 22.0 Å².